The summed E-state index contributed by atoms with van der Waals surface area (Å²) in [6.07, 6.45) is 0. The maximum absolute atomic E-state index is 11.9. The predicted molar refractivity (Wildman–Crippen MR) is 68.9 cm³/mol. The molecule has 5 nitrogen and oxygen atoms in total. The highest BCUT2D eigenvalue weighted by Crippen LogP contribution is 2.36. The second-order valence-electron chi connectivity index (χ2n) is 3.40. The van der Waals surface area contributed by atoms with E-state index in [1.807, 2.05) is 0 Å². The molecular weight excluding hydrogens is 282 g/mol. The van der Waals surface area contributed by atoms with Crippen LogP contribution in [0.25, 0.3) is 0 Å². The van der Waals surface area contributed by atoms with Crippen molar-refractivity contribution in [2.75, 3.05) is 7.05 Å². The molecule has 0 spiro atoms. The number of hydrogen-bond acceptors (Lipinski definition) is 5. The van der Waals surface area contributed by atoms with Crippen LogP contribution < -0.4 is 10.9 Å². The molecule has 0 saturated heterocycles. The summed E-state index contributed by atoms with van der Waals surface area (Å²) in [6, 6.07) is 3.18. The molecule has 8 heteroatoms. The molecule has 0 bridgehead atoms. The molecule has 0 fully saturated rings. The van der Waals surface area contributed by atoms with E-state index < -0.39 is 10.0 Å². The number of rotatable bonds is 1. The van der Waals surface area contributed by atoms with E-state index in [4.69, 9.17) is 11.6 Å². The molecule has 1 aliphatic rings. The minimum atomic E-state index is -3.65. The molecule has 0 saturated carbocycles. The second kappa shape index (κ2) is 4.49. The lowest BCUT2D eigenvalue weighted by atomic mass is 10.2. The molecule has 1 heterocycles. The highest BCUT2D eigenvalue weighted by molar-refractivity contribution is 8.15. The highest BCUT2D eigenvalue weighted by atomic mass is 35.5. The summed E-state index contributed by atoms with van der Waals surface area (Å²) >= 11 is 7.20. The van der Waals surface area contributed by atoms with Crippen molar-refractivity contribution in [1.29, 1.82) is 0 Å². The number of aryl methyl sites for hydroxylation is 1. The minimum absolute atomic E-state index is 0.200. The molecule has 0 atom stereocenters. The van der Waals surface area contributed by atoms with Crippen molar-refractivity contribution in [2.24, 2.45) is 4.40 Å². The Hall–Kier alpha value is -0.760. The first-order valence-electron chi connectivity index (χ1n) is 4.70. The third-order valence-corrected chi connectivity index (χ3v) is 5.06. The predicted octanol–water partition coefficient (Wildman–Crippen LogP) is 1.52. The molecule has 1 aromatic carbocycles. The molecule has 2 rings (SSSR count). The first-order chi connectivity index (χ1) is 7.94. The van der Waals surface area contributed by atoms with Crippen LogP contribution in [0.1, 0.15) is 5.56 Å². The fourth-order valence-corrected chi connectivity index (χ4v) is 4.17. The van der Waals surface area contributed by atoms with Crippen molar-refractivity contribution in [3.05, 3.63) is 22.7 Å². The third-order valence-electron chi connectivity index (χ3n) is 2.14. The zero-order valence-electron chi connectivity index (χ0n) is 9.11. The Morgan fingerprint density at radius 1 is 1.41 bits per heavy atom. The lowest BCUT2D eigenvalue weighted by Crippen LogP contribution is -2.34. The van der Waals surface area contributed by atoms with Crippen LogP contribution in [0.4, 0.5) is 0 Å². The van der Waals surface area contributed by atoms with Crippen LogP contribution in [-0.4, -0.2) is 20.6 Å². The number of thioether (sulfide) groups is 1. The number of hydrogen-bond donors (Lipinski definition) is 2. The fourth-order valence-electron chi connectivity index (χ4n) is 1.35. The lowest BCUT2D eigenvalue weighted by Gasteiger charge is -2.16. The Morgan fingerprint density at radius 2 is 2.12 bits per heavy atom. The van der Waals surface area contributed by atoms with Crippen LogP contribution in [-0.2, 0) is 10.0 Å². The normalized spacial score (nSPS) is 17.2. The standard InChI is InChI=1S/C9H10ClN3O2S2/c1-5-3-8-7(4-6(5)10)16-9(12-11-2)13-17(8,14)15/h3-4,11H,1-2H3,(H,12,13). The molecule has 2 N–H and O–H groups in total. The van der Waals surface area contributed by atoms with E-state index >= 15 is 0 Å². The maximum Gasteiger partial charge on any atom is 0.285 e. The van der Waals surface area contributed by atoms with Gasteiger partial charge in [0, 0.05) is 17.0 Å². The number of hydrazine groups is 1. The van der Waals surface area contributed by atoms with Gasteiger partial charge in [-0.05, 0) is 36.4 Å². The largest absolute Gasteiger partial charge is 0.300 e. The van der Waals surface area contributed by atoms with Gasteiger partial charge in [0.2, 0.25) is 0 Å². The number of halogens is 1. The molecule has 0 aliphatic carbocycles. The summed E-state index contributed by atoms with van der Waals surface area (Å²) in [5.74, 6) is 0. The van der Waals surface area contributed by atoms with Crippen molar-refractivity contribution in [1.82, 2.24) is 10.9 Å². The second-order valence-corrected chi connectivity index (χ2v) is 6.41. The van der Waals surface area contributed by atoms with Crippen LogP contribution in [0.2, 0.25) is 5.02 Å². The van der Waals surface area contributed by atoms with Gasteiger partial charge < -0.3 is 0 Å². The monoisotopic (exact) mass is 291 g/mol. The summed E-state index contributed by atoms with van der Waals surface area (Å²) in [7, 11) is -2.01. The quantitative estimate of drug-likeness (QED) is 0.768. The lowest BCUT2D eigenvalue weighted by molar-refractivity contribution is 0.595. The highest BCUT2D eigenvalue weighted by Gasteiger charge is 2.26. The Balaban J connectivity index is 2.57. The molecule has 0 radical (unpaired) electrons. The maximum atomic E-state index is 11.9. The molecule has 0 aromatic heterocycles. The van der Waals surface area contributed by atoms with E-state index in [-0.39, 0.29) is 10.1 Å². The Labute approximate surface area is 109 Å². The number of nitrogens with zero attached hydrogens (tertiary/aromatic N) is 1. The van der Waals surface area contributed by atoms with E-state index in [1.54, 1.807) is 26.1 Å². The zero-order chi connectivity index (χ0) is 12.6. The van der Waals surface area contributed by atoms with Gasteiger partial charge in [-0.25, -0.2) is 5.43 Å². The van der Waals surface area contributed by atoms with E-state index in [2.05, 4.69) is 15.2 Å². The van der Waals surface area contributed by atoms with Crippen LogP contribution >= 0.6 is 23.4 Å². The van der Waals surface area contributed by atoms with E-state index in [1.165, 1.54) is 11.8 Å². The van der Waals surface area contributed by atoms with Crippen molar-refractivity contribution in [3.8, 4) is 0 Å². The van der Waals surface area contributed by atoms with Gasteiger partial charge in [-0.1, -0.05) is 11.6 Å². The number of nitrogens with one attached hydrogen (secondary N) is 2. The molecule has 0 unspecified atom stereocenters. The topological polar surface area (TPSA) is 70.6 Å². The van der Waals surface area contributed by atoms with Gasteiger partial charge in [-0.3, -0.25) is 5.43 Å². The Bertz CT molecular complexity index is 599. The number of benzene rings is 1. The van der Waals surface area contributed by atoms with Gasteiger partial charge in [0.1, 0.15) is 4.90 Å². The Kier molecular flexibility index (Phi) is 3.35. The zero-order valence-corrected chi connectivity index (χ0v) is 11.5. The van der Waals surface area contributed by atoms with Crippen LogP contribution in [0, 0.1) is 6.92 Å². The summed E-state index contributed by atoms with van der Waals surface area (Å²) in [4.78, 5) is 0.777. The summed E-state index contributed by atoms with van der Waals surface area (Å²) in [5, 5.41) is 0.817. The third kappa shape index (κ3) is 2.42. The number of sulfonamides is 1. The Morgan fingerprint density at radius 3 is 2.76 bits per heavy atom. The molecule has 1 aromatic rings. The van der Waals surface area contributed by atoms with E-state index in [9.17, 15) is 8.42 Å². The summed E-state index contributed by atoms with van der Waals surface area (Å²) in [5.41, 5.74) is 6.01. The van der Waals surface area contributed by atoms with Crippen molar-refractivity contribution in [2.45, 2.75) is 16.7 Å². The molecule has 92 valence electrons. The van der Waals surface area contributed by atoms with E-state index in [0.717, 1.165) is 5.56 Å². The van der Waals surface area contributed by atoms with Crippen molar-refractivity contribution >= 4 is 38.6 Å². The summed E-state index contributed by atoms with van der Waals surface area (Å²) < 4.78 is 27.5. The SMILES string of the molecule is CNNC1=NS(=O)(=O)c2cc(C)c(Cl)cc2S1. The summed E-state index contributed by atoms with van der Waals surface area (Å²) in [6.45, 7) is 1.76. The molecule has 17 heavy (non-hydrogen) atoms. The fraction of sp³-hybridized carbons (Fsp3) is 0.222. The molecule has 0 amide bonds. The number of amidine groups is 1. The van der Waals surface area contributed by atoms with Crippen LogP contribution in [0.5, 0.6) is 0 Å². The van der Waals surface area contributed by atoms with Crippen molar-refractivity contribution < 1.29 is 8.42 Å². The first-order valence-corrected chi connectivity index (χ1v) is 7.33. The molecule has 1 aliphatic heterocycles. The van der Waals surface area contributed by atoms with Crippen LogP contribution in [0.15, 0.2) is 26.3 Å². The number of fused-ring (bicyclic) bond motifs is 1. The van der Waals surface area contributed by atoms with Gasteiger partial charge >= 0.3 is 0 Å². The smallest absolute Gasteiger partial charge is 0.285 e. The van der Waals surface area contributed by atoms with Crippen LogP contribution in [0.3, 0.4) is 0 Å². The average molecular weight is 292 g/mol. The van der Waals surface area contributed by atoms with Gasteiger partial charge in [0.05, 0.1) is 0 Å². The average Bonchev–Trinajstić information content (AvgIpc) is 2.21. The minimum Gasteiger partial charge on any atom is -0.300 e. The van der Waals surface area contributed by atoms with Gasteiger partial charge in [0.25, 0.3) is 10.0 Å². The molecular formula is C9H10ClN3O2S2. The van der Waals surface area contributed by atoms with Gasteiger partial charge in [-0.2, -0.15) is 8.42 Å². The van der Waals surface area contributed by atoms with Gasteiger partial charge in [0.15, 0.2) is 5.17 Å². The van der Waals surface area contributed by atoms with Crippen molar-refractivity contribution in [3.63, 3.8) is 0 Å². The van der Waals surface area contributed by atoms with E-state index in [0.29, 0.717) is 9.92 Å². The first kappa shape index (κ1) is 12.7. The van der Waals surface area contributed by atoms with Gasteiger partial charge in [-0.15, -0.1) is 4.40 Å².